The maximum Gasteiger partial charge on any atom is 0.0683 e. The average molecular weight is 308 g/mol. The van der Waals surface area contributed by atoms with Gasteiger partial charge in [0.15, 0.2) is 0 Å². The molecule has 0 spiro atoms. The Morgan fingerprint density at radius 3 is 2.09 bits per heavy atom. The SMILES string of the molecule is C[Si](C)(C)/C=C/[C@H]1[C@H](c2ccccc2)N1Cc1ccccc1. The quantitative estimate of drug-likeness (QED) is 0.552. The normalized spacial score (nSPS) is 24.6. The van der Waals surface area contributed by atoms with Gasteiger partial charge >= 0.3 is 0 Å². The highest BCUT2D eigenvalue weighted by Crippen LogP contribution is 2.45. The number of hydrogen-bond donors (Lipinski definition) is 0. The van der Waals surface area contributed by atoms with Crippen molar-refractivity contribution < 1.29 is 0 Å². The van der Waals surface area contributed by atoms with Crippen molar-refractivity contribution in [2.45, 2.75) is 38.3 Å². The molecule has 114 valence electrons. The van der Waals surface area contributed by atoms with E-state index in [0.717, 1.165) is 6.54 Å². The van der Waals surface area contributed by atoms with E-state index >= 15 is 0 Å². The van der Waals surface area contributed by atoms with Crippen LogP contribution in [0.15, 0.2) is 72.4 Å². The average Bonchev–Trinajstić information content (AvgIpc) is 3.19. The van der Waals surface area contributed by atoms with Gasteiger partial charge in [0.1, 0.15) is 0 Å². The molecule has 2 heteroatoms. The molecule has 0 aliphatic carbocycles. The molecule has 1 nitrogen and oxygen atoms in total. The lowest BCUT2D eigenvalue weighted by molar-refractivity contribution is 0.493. The maximum atomic E-state index is 2.58. The summed E-state index contributed by atoms with van der Waals surface area (Å²) in [5.74, 6) is 0. The topological polar surface area (TPSA) is 3.01 Å². The fourth-order valence-corrected chi connectivity index (χ4v) is 3.71. The van der Waals surface area contributed by atoms with E-state index in [0.29, 0.717) is 12.1 Å². The van der Waals surface area contributed by atoms with Crippen molar-refractivity contribution in [1.82, 2.24) is 4.90 Å². The first kappa shape index (κ1) is 15.3. The monoisotopic (exact) mass is 307 g/mol. The van der Waals surface area contributed by atoms with Crippen molar-refractivity contribution in [3.63, 3.8) is 0 Å². The molecule has 1 aliphatic rings. The molecule has 1 unspecified atom stereocenters. The lowest BCUT2D eigenvalue weighted by Crippen LogP contribution is -2.16. The summed E-state index contributed by atoms with van der Waals surface area (Å²) < 4.78 is 0. The Balaban J connectivity index is 1.78. The summed E-state index contributed by atoms with van der Waals surface area (Å²) in [6.07, 6.45) is 2.45. The summed E-state index contributed by atoms with van der Waals surface area (Å²) in [5, 5.41) is 0. The van der Waals surface area contributed by atoms with E-state index in [9.17, 15) is 0 Å². The van der Waals surface area contributed by atoms with Crippen molar-refractivity contribution in [3.8, 4) is 0 Å². The van der Waals surface area contributed by atoms with Gasteiger partial charge in [-0.25, -0.2) is 0 Å². The molecule has 0 aromatic heterocycles. The zero-order chi connectivity index (χ0) is 15.6. The fraction of sp³-hybridized carbons (Fsp3) is 0.300. The van der Waals surface area contributed by atoms with Crippen LogP contribution in [0, 0.1) is 0 Å². The number of benzene rings is 2. The number of rotatable bonds is 5. The third-order valence-corrected chi connectivity index (χ3v) is 5.31. The lowest BCUT2D eigenvalue weighted by Gasteiger charge is -2.08. The highest BCUT2D eigenvalue weighted by Gasteiger charge is 2.46. The molecule has 2 aromatic carbocycles. The van der Waals surface area contributed by atoms with Gasteiger partial charge in [0.25, 0.3) is 0 Å². The van der Waals surface area contributed by atoms with Crippen molar-refractivity contribution in [3.05, 3.63) is 83.6 Å². The van der Waals surface area contributed by atoms with Gasteiger partial charge in [-0.3, -0.25) is 4.90 Å². The third kappa shape index (κ3) is 3.76. The van der Waals surface area contributed by atoms with Crippen LogP contribution in [0.2, 0.25) is 19.6 Å². The van der Waals surface area contributed by atoms with Crippen LogP contribution < -0.4 is 0 Å². The van der Waals surface area contributed by atoms with Crippen LogP contribution in [0.1, 0.15) is 17.2 Å². The summed E-state index contributed by atoms with van der Waals surface area (Å²) in [6.45, 7) is 8.21. The molecule has 2 aromatic rings. The zero-order valence-corrected chi connectivity index (χ0v) is 14.7. The van der Waals surface area contributed by atoms with Gasteiger partial charge in [-0.05, 0) is 11.1 Å². The van der Waals surface area contributed by atoms with Crippen LogP contribution in [-0.2, 0) is 6.54 Å². The van der Waals surface area contributed by atoms with Crippen LogP contribution in [0.3, 0.4) is 0 Å². The first-order valence-electron chi connectivity index (χ1n) is 8.08. The lowest BCUT2D eigenvalue weighted by atomic mass is 10.1. The Bertz CT molecular complexity index is 628. The van der Waals surface area contributed by atoms with E-state index in [1.165, 1.54) is 11.1 Å². The molecule has 3 rings (SSSR count). The van der Waals surface area contributed by atoms with Gasteiger partial charge < -0.3 is 0 Å². The first-order valence-corrected chi connectivity index (χ1v) is 11.7. The second kappa shape index (κ2) is 6.23. The smallest absolute Gasteiger partial charge is 0.0683 e. The molecule has 0 radical (unpaired) electrons. The summed E-state index contributed by atoms with van der Waals surface area (Å²) in [6, 6.07) is 22.8. The van der Waals surface area contributed by atoms with E-state index in [1.807, 2.05) is 0 Å². The molecule has 0 saturated carbocycles. The van der Waals surface area contributed by atoms with Crippen LogP contribution in [0.25, 0.3) is 0 Å². The zero-order valence-electron chi connectivity index (χ0n) is 13.7. The van der Waals surface area contributed by atoms with Crippen LogP contribution >= 0.6 is 0 Å². The Morgan fingerprint density at radius 1 is 0.909 bits per heavy atom. The van der Waals surface area contributed by atoms with Crippen molar-refractivity contribution in [2.75, 3.05) is 0 Å². The minimum absolute atomic E-state index is 0.536. The number of hydrogen-bond acceptors (Lipinski definition) is 1. The van der Waals surface area contributed by atoms with Crippen molar-refractivity contribution in [1.29, 1.82) is 0 Å². The van der Waals surface area contributed by atoms with Gasteiger partial charge in [0.05, 0.1) is 14.1 Å². The van der Waals surface area contributed by atoms with Gasteiger partial charge in [-0.15, -0.1) is 0 Å². The van der Waals surface area contributed by atoms with Gasteiger partial charge in [-0.2, -0.15) is 0 Å². The second-order valence-electron chi connectivity index (χ2n) is 7.23. The van der Waals surface area contributed by atoms with Crippen molar-refractivity contribution in [2.24, 2.45) is 0 Å². The molecule has 1 aliphatic heterocycles. The standard InChI is InChI=1S/C20H25NSi/c1-22(2,3)15-14-19-20(18-12-8-5-9-13-18)21(19)16-17-10-6-4-7-11-17/h4-15,19-20H,16H2,1-3H3/b15-14+/t19-,20-,21?/m0/s1. The highest BCUT2D eigenvalue weighted by atomic mass is 28.3. The molecule has 1 heterocycles. The summed E-state index contributed by atoms with van der Waals surface area (Å²) in [4.78, 5) is 2.58. The Morgan fingerprint density at radius 2 is 1.50 bits per heavy atom. The van der Waals surface area contributed by atoms with E-state index in [-0.39, 0.29) is 0 Å². The Labute approximate surface area is 135 Å². The molecule has 0 bridgehead atoms. The van der Waals surface area contributed by atoms with Gasteiger partial charge in [-0.1, -0.05) is 92.1 Å². The second-order valence-corrected chi connectivity index (χ2v) is 12.3. The maximum absolute atomic E-state index is 2.58. The van der Waals surface area contributed by atoms with Crippen LogP contribution in [-0.4, -0.2) is 19.0 Å². The Hall–Kier alpha value is -1.64. The molecule has 0 N–H and O–H groups in total. The molecule has 22 heavy (non-hydrogen) atoms. The molecule has 1 fully saturated rings. The summed E-state index contributed by atoms with van der Waals surface area (Å²) in [5.41, 5.74) is 5.31. The predicted octanol–water partition coefficient (Wildman–Crippen LogP) is 5.05. The third-order valence-electron chi connectivity index (χ3n) is 4.12. The minimum atomic E-state index is -1.14. The largest absolute Gasteiger partial charge is 0.282 e. The summed E-state index contributed by atoms with van der Waals surface area (Å²) in [7, 11) is -1.14. The molecule has 1 saturated heterocycles. The predicted molar refractivity (Wildman–Crippen MR) is 97.4 cm³/mol. The van der Waals surface area contributed by atoms with Gasteiger partial charge in [0, 0.05) is 12.6 Å². The highest BCUT2D eigenvalue weighted by molar-refractivity contribution is 6.80. The molecule has 3 atom stereocenters. The van der Waals surface area contributed by atoms with E-state index in [4.69, 9.17) is 0 Å². The van der Waals surface area contributed by atoms with Crippen LogP contribution in [0.4, 0.5) is 0 Å². The molecule has 0 amide bonds. The first-order chi connectivity index (χ1) is 10.5. The molecular weight excluding hydrogens is 282 g/mol. The van der Waals surface area contributed by atoms with E-state index < -0.39 is 8.07 Å². The Kier molecular flexibility index (Phi) is 4.32. The number of nitrogens with zero attached hydrogens (tertiary/aromatic N) is 1. The molecular formula is C20H25NSi. The van der Waals surface area contributed by atoms with Crippen molar-refractivity contribution >= 4 is 8.07 Å². The summed E-state index contributed by atoms with van der Waals surface area (Å²) >= 11 is 0. The van der Waals surface area contributed by atoms with Crippen LogP contribution in [0.5, 0.6) is 0 Å². The van der Waals surface area contributed by atoms with E-state index in [2.05, 4.69) is 97.0 Å². The minimum Gasteiger partial charge on any atom is -0.282 e. The fourth-order valence-electron chi connectivity index (χ4n) is 2.94. The van der Waals surface area contributed by atoms with E-state index in [1.54, 1.807) is 0 Å². The van der Waals surface area contributed by atoms with Gasteiger partial charge in [0.2, 0.25) is 0 Å².